The molecule has 2 heterocycles. The number of guanidine groups is 1. The quantitative estimate of drug-likeness (QED) is 0.579. The molecule has 0 aromatic heterocycles. The van der Waals surface area contributed by atoms with Crippen molar-refractivity contribution in [3.63, 3.8) is 0 Å². The normalized spacial score (nSPS) is 20.3. The number of nitrogens with zero attached hydrogens (tertiary/aromatic N) is 4. The van der Waals surface area contributed by atoms with Crippen LogP contribution in [0, 0.1) is 0 Å². The number of halogens is 1. The van der Waals surface area contributed by atoms with Gasteiger partial charge in [-0.3, -0.25) is 9.79 Å². The molecule has 2 fully saturated rings. The monoisotopic (exact) mass is 421 g/mol. The predicted molar refractivity (Wildman–Crippen MR) is 116 cm³/mol. The minimum absolute atomic E-state index is 0.0502. The Morgan fingerprint density at radius 1 is 1.24 bits per heavy atom. The molecule has 0 unspecified atom stereocenters. The summed E-state index contributed by atoms with van der Waals surface area (Å²) >= 11 is 5.95. The minimum Gasteiger partial charge on any atom is -0.381 e. The minimum atomic E-state index is 0.0502. The maximum absolute atomic E-state index is 12.7. The molecular formula is C21H32ClN5O2. The van der Waals surface area contributed by atoms with Crippen LogP contribution < -0.4 is 5.32 Å². The lowest BCUT2D eigenvalue weighted by molar-refractivity contribution is -0.135. The van der Waals surface area contributed by atoms with Crippen LogP contribution in [0.5, 0.6) is 0 Å². The number of aliphatic imine (C=N–C) groups is 1. The number of nitrogens with one attached hydrogen (secondary N) is 1. The van der Waals surface area contributed by atoms with Gasteiger partial charge in [-0.05, 0) is 44.6 Å². The Bertz CT molecular complexity index is 716. The average molecular weight is 422 g/mol. The third-order valence-corrected chi connectivity index (χ3v) is 6.32. The zero-order valence-electron chi connectivity index (χ0n) is 17.7. The van der Waals surface area contributed by atoms with E-state index >= 15 is 0 Å². The van der Waals surface area contributed by atoms with Crippen molar-refractivity contribution in [1.82, 2.24) is 20.0 Å². The van der Waals surface area contributed by atoms with E-state index in [1.165, 1.54) is 0 Å². The van der Waals surface area contributed by atoms with Crippen molar-refractivity contribution >= 4 is 23.5 Å². The van der Waals surface area contributed by atoms with Crippen LogP contribution in [0.25, 0.3) is 0 Å². The Morgan fingerprint density at radius 2 is 1.93 bits per heavy atom. The lowest BCUT2D eigenvalue weighted by atomic mass is 9.88. The van der Waals surface area contributed by atoms with Crippen LogP contribution in [0.4, 0.5) is 0 Å². The molecule has 1 aromatic rings. The van der Waals surface area contributed by atoms with Crippen molar-refractivity contribution in [3.05, 3.63) is 34.9 Å². The van der Waals surface area contributed by atoms with E-state index in [-0.39, 0.29) is 11.4 Å². The first-order chi connectivity index (χ1) is 13.9. The summed E-state index contributed by atoms with van der Waals surface area (Å²) in [6.45, 7) is 4.73. The zero-order valence-corrected chi connectivity index (χ0v) is 18.4. The van der Waals surface area contributed by atoms with Crippen molar-refractivity contribution < 1.29 is 9.53 Å². The van der Waals surface area contributed by atoms with Crippen LogP contribution in [0.15, 0.2) is 29.3 Å². The maximum Gasteiger partial charge on any atom is 0.242 e. The lowest BCUT2D eigenvalue weighted by Gasteiger charge is -2.44. The van der Waals surface area contributed by atoms with E-state index in [9.17, 15) is 4.79 Å². The molecule has 1 amide bonds. The first kappa shape index (κ1) is 21.9. The van der Waals surface area contributed by atoms with Crippen LogP contribution in [-0.4, -0.2) is 92.6 Å². The van der Waals surface area contributed by atoms with E-state index in [4.69, 9.17) is 16.3 Å². The summed E-state index contributed by atoms with van der Waals surface area (Å²) in [5.74, 6) is 0.903. The Balaban J connectivity index is 1.56. The van der Waals surface area contributed by atoms with Gasteiger partial charge in [0, 0.05) is 57.0 Å². The number of carbonyl (C=O) groups excluding carboxylic acids is 1. The van der Waals surface area contributed by atoms with E-state index in [2.05, 4.69) is 29.3 Å². The van der Waals surface area contributed by atoms with Gasteiger partial charge in [-0.2, -0.15) is 0 Å². The first-order valence-electron chi connectivity index (χ1n) is 10.2. The molecule has 2 saturated heterocycles. The van der Waals surface area contributed by atoms with Crippen molar-refractivity contribution in [2.45, 2.75) is 24.9 Å². The highest BCUT2D eigenvalue weighted by Crippen LogP contribution is 2.25. The van der Waals surface area contributed by atoms with Gasteiger partial charge in [-0.1, -0.05) is 23.7 Å². The highest BCUT2D eigenvalue weighted by molar-refractivity contribution is 6.30. The van der Waals surface area contributed by atoms with Gasteiger partial charge in [0.05, 0.1) is 6.54 Å². The summed E-state index contributed by atoms with van der Waals surface area (Å²) < 4.78 is 5.55. The smallest absolute Gasteiger partial charge is 0.242 e. The van der Waals surface area contributed by atoms with Gasteiger partial charge in [-0.25, -0.2) is 0 Å². The van der Waals surface area contributed by atoms with Gasteiger partial charge in [0.25, 0.3) is 0 Å². The zero-order chi connectivity index (χ0) is 20.9. The largest absolute Gasteiger partial charge is 0.381 e. The van der Waals surface area contributed by atoms with Crippen LogP contribution in [0.1, 0.15) is 18.4 Å². The summed E-state index contributed by atoms with van der Waals surface area (Å²) in [5, 5.41) is 4.22. The molecule has 0 radical (unpaired) electrons. The number of carbonyl (C=O) groups is 1. The molecule has 0 aliphatic carbocycles. The Labute approximate surface area is 178 Å². The molecule has 3 rings (SSSR count). The standard InChI is InChI=1S/C21H32ClN5O2/c1-23-20(24-16-21(25(2)3)8-12-29-13-9-21)27-11-10-26(19(28)15-27)14-17-4-6-18(22)7-5-17/h4-7H,8-16H2,1-3H3,(H,23,24). The molecule has 2 aliphatic heterocycles. The maximum atomic E-state index is 12.7. The fourth-order valence-electron chi connectivity index (χ4n) is 3.98. The summed E-state index contributed by atoms with van der Waals surface area (Å²) in [4.78, 5) is 23.4. The molecule has 0 atom stereocenters. The van der Waals surface area contributed by atoms with Gasteiger partial charge < -0.3 is 24.8 Å². The molecule has 8 heteroatoms. The van der Waals surface area contributed by atoms with Crippen molar-refractivity contribution in [1.29, 1.82) is 0 Å². The van der Waals surface area contributed by atoms with E-state index in [1.54, 1.807) is 7.05 Å². The number of benzene rings is 1. The van der Waals surface area contributed by atoms with Crippen LogP contribution in [-0.2, 0) is 16.1 Å². The summed E-state index contributed by atoms with van der Waals surface area (Å²) in [7, 11) is 6.02. The number of hydrogen-bond donors (Lipinski definition) is 1. The molecule has 160 valence electrons. The number of likely N-dealkylation sites (N-methyl/N-ethyl adjacent to an activating group) is 1. The number of piperazine rings is 1. The van der Waals surface area contributed by atoms with Crippen LogP contribution >= 0.6 is 11.6 Å². The van der Waals surface area contributed by atoms with Gasteiger partial charge in [-0.15, -0.1) is 0 Å². The summed E-state index contributed by atoms with van der Waals surface area (Å²) in [5.41, 5.74) is 1.14. The highest BCUT2D eigenvalue weighted by Gasteiger charge is 2.35. The van der Waals surface area contributed by atoms with E-state index < -0.39 is 0 Å². The number of amides is 1. The van der Waals surface area contributed by atoms with Gasteiger partial charge >= 0.3 is 0 Å². The third kappa shape index (κ3) is 5.41. The lowest BCUT2D eigenvalue weighted by Crippen LogP contribution is -2.60. The number of hydrogen-bond acceptors (Lipinski definition) is 4. The summed E-state index contributed by atoms with van der Waals surface area (Å²) in [6.07, 6.45) is 1.97. The van der Waals surface area contributed by atoms with Crippen LogP contribution in [0.2, 0.25) is 5.02 Å². The Kier molecular flexibility index (Phi) is 7.38. The molecule has 7 nitrogen and oxygen atoms in total. The predicted octanol–water partition coefficient (Wildman–Crippen LogP) is 1.67. The molecule has 1 aromatic carbocycles. The second kappa shape index (κ2) is 9.78. The molecule has 2 aliphatic rings. The molecule has 0 bridgehead atoms. The Morgan fingerprint density at radius 3 is 2.52 bits per heavy atom. The topological polar surface area (TPSA) is 60.4 Å². The second-order valence-corrected chi connectivity index (χ2v) is 8.43. The molecule has 1 N–H and O–H groups in total. The SMILES string of the molecule is CN=C(NCC1(N(C)C)CCOCC1)N1CCN(Cc2ccc(Cl)cc2)C(=O)C1. The molecule has 29 heavy (non-hydrogen) atoms. The first-order valence-corrected chi connectivity index (χ1v) is 10.5. The van der Waals surface area contributed by atoms with E-state index in [0.29, 0.717) is 24.7 Å². The molecule has 0 saturated carbocycles. The van der Waals surface area contributed by atoms with Gasteiger partial charge in [0.1, 0.15) is 0 Å². The second-order valence-electron chi connectivity index (χ2n) is 8.00. The van der Waals surface area contributed by atoms with Gasteiger partial charge in [0.15, 0.2) is 5.96 Å². The number of ether oxygens (including phenoxy) is 1. The molecular weight excluding hydrogens is 390 g/mol. The fourth-order valence-corrected chi connectivity index (χ4v) is 4.10. The average Bonchev–Trinajstić information content (AvgIpc) is 2.72. The highest BCUT2D eigenvalue weighted by atomic mass is 35.5. The van der Waals surface area contributed by atoms with Crippen molar-refractivity contribution in [2.75, 3.05) is 60.5 Å². The number of rotatable bonds is 5. The van der Waals surface area contributed by atoms with Crippen molar-refractivity contribution in [2.24, 2.45) is 4.99 Å². The Hall–Kier alpha value is -1.83. The van der Waals surface area contributed by atoms with Crippen molar-refractivity contribution in [3.8, 4) is 0 Å². The van der Waals surface area contributed by atoms with Crippen LogP contribution in [0.3, 0.4) is 0 Å². The molecule has 0 spiro atoms. The fraction of sp³-hybridized carbons (Fsp3) is 0.619. The third-order valence-electron chi connectivity index (χ3n) is 6.06. The van der Waals surface area contributed by atoms with E-state index in [0.717, 1.165) is 50.7 Å². The van der Waals surface area contributed by atoms with Gasteiger partial charge in [0.2, 0.25) is 5.91 Å². The van der Waals surface area contributed by atoms with E-state index in [1.807, 2.05) is 34.1 Å². The summed E-state index contributed by atoms with van der Waals surface area (Å²) in [6, 6.07) is 7.66.